The lowest BCUT2D eigenvalue weighted by molar-refractivity contribution is -0.125. The highest BCUT2D eigenvalue weighted by Gasteiger charge is 2.55. The highest BCUT2D eigenvalue weighted by molar-refractivity contribution is 6.09. The standard InChI is InChI=1S/C36H41FN8O3/c1-22(2)44-21-39-30-19-29(41-33(32(30)44)40-28-8-11-38-20-27(28)37)23-6-7-26-31(16-23)45(25-17-24(18-25)42-12-4-3-5-13-42)34(46)36(26)9-14-43(15-10-36)35(47)48/h6-8,11,16,19-22,24-25H,3-5,9-10,12-15,17-18H2,1-2H3,(H,47,48)(H,38,40,41). The van der Waals surface area contributed by atoms with E-state index in [1.807, 2.05) is 27.7 Å². The van der Waals surface area contributed by atoms with Gasteiger partial charge in [-0.3, -0.25) is 9.78 Å². The molecule has 0 unspecified atom stereocenters. The molecule has 250 valence electrons. The zero-order valence-electron chi connectivity index (χ0n) is 27.4. The Morgan fingerprint density at radius 2 is 1.81 bits per heavy atom. The molecule has 0 radical (unpaired) electrons. The van der Waals surface area contributed by atoms with Gasteiger partial charge in [0, 0.05) is 48.7 Å². The monoisotopic (exact) mass is 652 g/mol. The number of likely N-dealkylation sites (tertiary alicyclic amines) is 2. The summed E-state index contributed by atoms with van der Waals surface area (Å²) in [5.41, 5.74) is 4.38. The van der Waals surface area contributed by atoms with Crippen molar-refractivity contribution in [3.8, 4) is 11.3 Å². The number of carboxylic acid groups (broad SMARTS) is 1. The van der Waals surface area contributed by atoms with Crippen molar-refractivity contribution in [2.24, 2.45) is 0 Å². The third-order valence-corrected chi connectivity index (χ3v) is 11.1. The summed E-state index contributed by atoms with van der Waals surface area (Å²) in [6.45, 7) is 7.03. The maximum atomic E-state index is 14.8. The predicted molar refractivity (Wildman–Crippen MR) is 181 cm³/mol. The first-order chi connectivity index (χ1) is 23.2. The molecule has 4 aliphatic rings. The Kier molecular flexibility index (Phi) is 7.58. The molecular weight excluding hydrogens is 611 g/mol. The summed E-state index contributed by atoms with van der Waals surface area (Å²) in [5, 5.41) is 12.9. The number of halogens is 1. The second-order valence-electron chi connectivity index (χ2n) is 14.1. The average Bonchev–Trinajstić information content (AvgIpc) is 3.60. The number of imidazole rings is 1. The molecule has 2 N–H and O–H groups in total. The lowest BCUT2D eigenvalue weighted by Crippen LogP contribution is -2.58. The maximum Gasteiger partial charge on any atom is 0.407 e. The average molecular weight is 653 g/mol. The molecule has 4 aromatic rings. The Morgan fingerprint density at radius 1 is 1.04 bits per heavy atom. The Labute approximate surface area is 278 Å². The third kappa shape index (κ3) is 4.99. The Morgan fingerprint density at radius 3 is 2.52 bits per heavy atom. The largest absolute Gasteiger partial charge is 0.465 e. The quantitative estimate of drug-likeness (QED) is 0.248. The zero-order valence-corrected chi connectivity index (χ0v) is 27.4. The second kappa shape index (κ2) is 11.8. The van der Waals surface area contributed by atoms with Crippen LogP contribution in [0.5, 0.6) is 0 Å². The van der Waals surface area contributed by atoms with Gasteiger partial charge in [-0.1, -0.05) is 18.6 Å². The molecule has 0 bridgehead atoms. The summed E-state index contributed by atoms with van der Waals surface area (Å²) in [6, 6.07) is 10.3. The number of amides is 2. The van der Waals surface area contributed by atoms with Crippen LogP contribution in [0.25, 0.3) is 22.3 Å². The smallest absolute Gasteiger partial charge is 0.407 e. The SMILES string of the molecule is CC(C)n1cnc2cc(-c3ccc4c(c3)N(C3CC(N5CCCCC5)C3)C(=O)C43CCN(C(=O)O)CC3)nc(Nc3ccncc3F)c21. The molecule has 8 rings (SSSR count). The summed E-state index contributed by atoms with van der Waals surface area (Å²) in [5.74, 6) is 0.0900. The molecule has 1 aliphatic carbocycles. The van der Waals surface area contributed by atoms with Crippen LogP contribution in [0.3, 0.4) is 0 Å². The molecular formula is C36H41FN8O3. The fourth-order valence-corrected chi connectivity index (χ4v) is 8.32. The van der Waals surface area contributed by atoms with E-state index in [-0.39, 0.29) is 23.7 Å². The van der Waals surface area contributed by atoms with Crippen molar-refractivity contribution in [1.29, 1.82) is 0 Å². The minimum absolute atomic E-state index is 0.0939. The molecule has 12 heteroatoms. The van der Waals surface area contributed by atoms with E-state index in [2.05, 4.69) is 35.1 Å². The Bertz CT molecular complexity index is 1890. The minimum atomic E-state index is -0.941. The van der Waals surface area contributed by atoms with Crippen molar-refractivity contribution >= 4 is 40.2 Å². The van der Waals surface area contributed by atoms with Crippen molar-refractivity contribution in [3.05, 3.63) is 60.4 Å². The number of carbonyl (C=O) groups excluding carboxylic acids is 1. The number of nitrogens with one attached hydrogen (secondary N) is 1. The first kappa shape index (κ1) is 30.7. The number of hydrogen-bond donors (Lipinski definition) is 2. The number of piperidine rings is 2. The Hall–Kier alpha value is -4.58. The van der Waals surface area contributed by atoms with Crippen LogP contribution >= 0.6 is 0 Å². The highest BCUT2D eigenvalue weighted by Crippen LogP contribution is 2.52. The van der Waals surface area contributed by atoms with Gasteiger partial charge < -0.3 is 29.7 Å². The van der Waals surface area contributed by atoms with Gasteiger partial charge in [0.15, 0.2) is 11.6 Å². The number of hydrogen-bond acceptors (Lipinski definition) is 7. The van der Waals surface area contributed by atoms with Gasteiger partial charge in [-0.25, -0.2) is 19.2 Å². The van der Waals surface area contributed by atoms with Gasteiger partial charge in [-0.15, -0.1) is 0 Å². The van der Waals surface area contributed by atoms with E-state index in [0.717, 1.165) is 53.8 Å². The predicted octanol–water partition coefficient (Wildman–Crippen LogP) is 6.33. The van der Waals surface area contributed by atoms with E-state index >= 15 is 0 Å². The van der Waals surface area contributed by atoms with E-state index in [0.29, 0.717) is 43.5 Å². The van der Waals surface area contributed by atoms with E-state index in [9.17, 15) is 19.1 Å². The number of pyridine rings is 2. The number of carbonyl (C=O) groups is 2. The summed E-state index contributed by atoms with van der Waals surface area (Å²) in [4.78, 5) is 46.0. The second-order valence-corrected chi connectivity index (χ2v) is 14.1. The van der Waals surface area contributed by atoms with E-state index in [4.69, 9.17) is 9.97 Å². The molecule has 2 amide bonds. The minimum Gasteiger partial charge on any atom is -0.465 e. The third-order valence-electron chi connectivity index (χ3n) is 11.1. The van der Waals surface area contributed by atoms with Crippen LogP contribution in [0.2, 0.25) is 0 Å². The van der Waals surface area contributed by atoms with E-state index in [1.165, 1.54) is 36.6 Å². The van der Waals surface area contributed by atoms with Gasteiger partial charge in [0.05, 0.1) is 34.8 Å². The normalized spacial score (nSPS) is 22.4. The van der Waals surface area contributed by atoms with Crippen LogP contribution in [0.15, 0.2) is 49.1 Å². The highest BCUT2D eigenvalue weighted by atomic mass is 19.1. The first-order valence-electron chi connectivity index (χ1n) is 17.2. The van der Waals surface area contributed by atoms with Gasteiger partial charge in [-0.05, 0) is 89.2 Å². The lowest BCUT2D eigenvalue weighted by Gasteiger charge is -2.48. The molecule has 48 heavy (non-hydrogen) atoms. The van der Waals surface area contributed by atoms with Crippen molar-refractivity contribution in [1.82, 2.24) is 29.3 Å². The molecule has 2 saturated heterocycles. The molecule has 3 aromatic heterocycles. The summed E-state index contributed by atoms with van der Waals surface area (Å²) in [6.07, 6.45) is 10.1. The zero-order chi connectivity index (χ0) is 33.2. The number of fused-ring (bicyclic) bond motifs is 3. The summed E-state index contributed by atoms with van der Waals surface area (Å²) < 4.78 is 16.8. The number of anilines is 3. The summed E-state index contributed by atoms with van der Waals surface area (Å²) in [7, 11) is 0. The van der Waals surface area contributed by atoms with E-state index < -0.39 is 17.3 Å². The van der Waals surface area contributed by atoms with Gasteiger partial charge in [0.1, 0.15) is 5.52 Å². The van der Waals surface area contributed by atoms with Crippen molar-refractivity contribution in [3.63, 3.8) is 0 Å². The molecule has 0 atom stereocenters. The molecule has 3 aliphatic heterocycles. The van der Waals surface area contributed by atoms with Crippen LogP contribution in [0, 0.1) is 5.82 Å². The van der Waals surface area contributed by atoms with Crippen molar-refractivity contribution in [2.45, 2.75) is 82.3 Å². The van der Waals surface area contributed by atoms with Gasteiger partial charge >= 0.3 is 6.09 Å². The molecule has 1 aromatic carbocycles. The maximum absolute atomic E-state index is 14.8. The van der Waals surface area contributed by atoms with Gasteiger partial charge in [0.25, 0.3) is 0 Å². The molecule has 1 spiro atoms. The van der Waals surface area contributed by atoms with Crippen LogP contribution in [0.1, 0.15) is 70.4 Å². The van der Waals surface area contributed by atoms with Crippen molar-refractivity contribution in [2.75, 3.05) is 36.4 Å². The molecule has 3 fully saturated rings. The number of rotatable bonds is 6. The molecule has 11 nitrogen and oxygen atoms in total. The van der Waals surface area contributed by atoms with Crippen LogP contribution in [-0.4, -0.2) is 84.7 Å². The van der Waals surface area contributed by atoms with Crippen molar-refractivity contribution < 1.29 is 19.1 Å². The number of nitrogens with zero attached hydrogens (tertiary/aromatic N) is 7. The Balaban J connectivity index is 1.19. The first-order valence-corrected chi connectivity index (χ1v) is 17.2. The topological polar surface area (TPSA) is 120 Å². The molecule has 1 saturated carbocycles. The number of aromatic nitrogens is 4. The fraction of sp³-hybridized carbons (Fsp3) is 0.472. The van der Waals surface area contributed by atoms with Gasteiger partial charge in [-0.2, -0.15) is 0 Å². The summed E-state index contributed by atoms with van der Waals surface area (Å²) >= 11 is 0. The van der Waals surface area contributed by atoms with Crippen LogP contribution in [-0.2, 0) is 10.2 Å². The van der Waals surface area contributed by atoms with Crippen LogP contribution in [0.4, 0.5) is 26.4 Å². The lowest BCUT2D eigenvalue weighted by atomic mass is 9.73. The van der Waals surface area contributed by atoms with E-state index in [1.54, 1.807) is 12.4 Å². The molecule has 6 heterocycles. The fourth-order valence-electron chi connectivity index (χ4n) is 8.32. The number of benzene rings is 1. The van der Waals surface area contributed by atoms with Gasteiger partial charge in [0.2, 0.25) is 5.91 Å². The van der Waals surface area contributed by atoms with Crippen LogP contribution < -0.4 is 10.2 Å².